The van der Waals surface area contributed by atoms with Crippen LogP contribution in [0.25, 0.3) is 0 Å². The molecule has 3 nitrogen and oxygen atoms in total. The number of benzene rings is 1. The number of rotatable bonds is 9. The van der Waals surface area contributed by atoms with Crippen molar-refractivity contribution in [1.29, 1.82) is 0 Å². The summed E-state index contributed by atoms with van der Waals surface area (Å²) in [5.41, 5.74) is 0.782. The Balaban J connectivity index is 3.08. The van der Waals surface area contributed by atoms with E-state index in [-0.39, 0.29) is 0 Å². The molecular weight excluding hydrogens is 240 g/mol. The Kier molecular flexibility index (Phi) is 6.30. The Morgan fingerprint density at radius 3 is 1.63 bits per heavy atom. The van der Waals surface area contributed by atoms with E-state index < -0.39 is 0 Å². The van der Waals surface area contributed by atoms with Crippen molar-refractivity contribution in [2.75, 3.05) is 19.8 Å². The maximum Gasteiger partial charge on any atom is 0.203 e. The van der Waals surface area contributed by atoms with E-state index in [1.165, 1.54) is 0 Å². The monoisotopic (exact) mass is 259 g/mol. The Morgan fingerprint density at radius 2 is 1.21 bits per heavy atom. The van der Waals surface area contributed by atoms with E-state index in [1.54, 1.807) is 30.4 Å². The fourth-order valence-corrected chi connectivity index (χ4v) is 1.43. The van der Waals surface area contributed by atoms with Crippen LogP contribution in [0.4, 0.5) is 0 Å². The highest BCUT2D eigenvalue weighted by Gasteiger charge is 2.13. The molecule has 0 aliphatic heterocycles. The van der Waals surface area contributed by atoms with Gasteiger partial charge in [-0.2, -0.15) is 0 Å². The topological polar surface area (TPSA) is 27.7 Å². The molecule has 0 aromatic heterocycles. The van der Waals surface area contributed by atoms with Crippen LogP contribution in [0.3, 0.4) is 0 Å². The number of ether oxygens (including phenoxy) is 3. The van der Waals surface area contributed by atoms with Crippen molar-refractivity contribution in [3.05, 3.63) is 62.6 Å². The average Bonchev–Trinajstić information content (AvgIpc) is 2.41. The largest absolute Gasteiger partial charge is 0.485 e. The summed E-state index contributed by atoms with van der Waals surface area (Å²) >= 11 is 0. The van der Waals surface area contributed by atoms with Crippen LogP contribution in [0.1, 0.15) is 5.56 Å². The molecule has 3 heteroatoms. The molecule has 0 aliphatic rings. The Bertz CT molecular complexity index is 416. The first-order valence-corrected chi connectivity index (χ1v) is 5.94. The highest BCUT2D eigenvalue weighted by Crippen LogP contribution is 2.38. The zero-order chi connectivity index (χ0) is 14.1. The van der Waals surface area contributed by atoms with Gasteiger partial charge in [-0.25, -0.2) is 0 Å². The molecule has 101 valence electrons. The molecular formula is C16H19O3. The lowest BCUT2D eigenvalue weighted by molar-refractivity contribution is 0.280. The Hall–Kier alpha value is -2.16. The average molecular weight is 259 g/mol. The summed E-state index contributed by atoms with van der Waals surface area (Å²) in [5, 5.41) is 0. The fourth-order valence-electron chi connectivity index (χ4n) is 1.43. The van der Waals surface area contributed by atoms with E-state index in [2.05, 4.69) is 26.7 Å². The van der Waals surface area contributed by atoms with E-state index in [0.717, 1.165) is 5.56 Å². The molecule has 0 atom stereocenters. The summed E-state index contributed by atoms with van der Waals surface area (Å²) in [5.74, 6) is 1.69. The minimum absolute atomic E-state index is 0.366. The van der Waals surface area contributed by atoms with Crippen LogP contribution in [-0.2, 0) is 0 Å². The van der Waals surface area contributed by atoms with Gasteiger partial charge in [-0.1, -0.05) is 38.0 Å². The third kappa shape index (κ3) is 4.54. The van der Waals surface area contributed by atoms with Gasteiger partial charge in [0.1, 0.15) is 19.8 Å². The summed E-state index contributed by atoms with van der Waals surface area (Å²) < 4.78 is 16.7. The maximum absolute atomic E-state index is 5.60. The lowest BCUT2D eigenvalue weighted by Crippen LogP contribution is -2.03. The number of hydrogen-bond donors (Lipinski definition) is 0. The van der Waals surface area contributed by atoms with E-state index in [0.29, 0.717) is 37.1 Å². The zero-order valence-corrected chi connectivity index (χ0v) is 11.1. The number of hydrogen-bond acceptors (Lipinski definition) is 3. The van der Waals surface area contributed by atoms with Gasteiger partial charge in [0.25, 0.3) is 0 Å². The molecule has 19 heavy (non-hydrogen) atoms. The van der Waals surface area contributed by atoms with Gasteiger partial charge in [-0.05, 0) is 24.6 Å². The van der Waals surface area contributed by atoms with Gasteiger partial charge >= 0.3 is 0 Å². The van der Waals surface area contributed by atoms with Crippen molar-refractivity contribution < 1.29 is 14.2 Å². The van der Waals surface area contributed by atoms with Gasteiger partial charge in [0.2, 0.25) is 5.75 Å². The Labute approximate surface area is 114 Å². The molecule has 0 amide bonds. The normalized spacial score (nSPS) is 9.53. The third-order valence-electron chi connectivity index (χ3n) is 2.14. The van der Waals surface area contributed by atoms with E-state index in [4.69, 9.17) is 14.2 Å². The molecule has 0 aliphatic carbocycles. The van der Waals surface area contributed by atoms with Crippen molar-refractivity contribution in [2.24, 2.45) is 0 Å². The van der Waals surface area contributed by atoms with Gasteiger partial charge in [0.15, 0.2) is 11.5 Å². The van der Waals surface area contributed by atoms with Crippen molar-refractivity contribution in [1.82, 2.24) is 0 Å². The van der Waals surface area contributed by atoms with E-state index in [9.17, 15) is 0 Å². The molecule has 0 bridgehead atoms. The molecule has 1 aromatic carbocycles. The molecule has 0 spiro atoms. The van der Waals surface area contributed by atoms with Gasteiger partial charge < -0.3 is 14.2 Å². The van der Waals surface area contributed by atoms with Gasteiger partial charge in [0, 0.05) is 0 Å². The minimum atomic E-state index is 0.366. The molecule has 0 saturated carbocycles. The van der Waals surface area contributed by atoms with Crippen LogP contribution in [-0.4, -0.2) is 19.8 Å². The molecule has 0 fully saturated rings. The predicted octanol–water partition coefficient (Wildman–Crippen LogP) is 3.56. The van der Waals surface area contributed by atoms with Crippen LogP contribution < -0.4 is 14.2 Å². The summed E-state index contributed by atoms with van der Waals surface area (Å²) in [4.78, 5) is 0. The Morgan fingerprint density at radius 1 is 0.789 bits per heavy atom. The standard InChI is InChI=1S/C16H19O3/c1-5-8-17-14-11-13(4)12-15(18-9-6-2)16(14)19-10-7-3/h5-7,11-12H,1-4,8-10H2. The summed E-state index contributed by atoms with van der Waals surface area (Å²) in [6.07, 6.45) is 4.99. The van der Waals surface area contributed by atoms with Crippen molar-refractivity contribution in [3.63, 3.8) is 0 Å². The minimum Gasteiger partial charge on any atom is -0.485 e. The highest BCUT2D eigenvalue weighted by molar-refractivity contribution is 5.54. The first-order valence-electron chi connectivity index (χ1n) is 5.94. The second kappa shape index (κ2) is 8.03. The summed E-state index contributed by atoms with van der Waals surface area (Å²) in [6, 6.07) is 3.59. The molecule has 0 saturated heterocycles. The molecule has 1 aromatic rings. The molecule has 1 rings (SSSR count). The summed E-state index contributed by atoms with van der Waals surface area (Å²) in [6.45, 7) is 15.9. The quantitative estimate of drug-likeness (QED) is 0.635. The smallest absolute Gasteiger partial charge is 0.203 e. The summed E-state index contributed by atoms with van der Waals surface area (Å²) in [7, 11) is 0. The van der Waals surface area contributed by atoms with E-state index >= 15 is 0 Å². The second-order valence-corrected chi connectivity index (χ2v) is 3.72. The van der Waals surface area contributed by atoms with Crippen LogP contribution in [0.2, 0.25) is 0 Å². The molecule has 1 radical (unpaired) electrons. The lowest BCUT2D eigenvalue weighted by Gasteiger charge is -2.16. The SMILES string of the molecule is [CH2]c1cc(OCC=C)c(OCC=C)c(OCC=C)c1. The second-order valence-electron chi connectivity index (χ2n) is 3.72. The molecule has 0 unspecified atom stereocenters. The predicted molar refractivity (Wildman–Crippen MR) is 78.0 cm³/mol. The van der Waals surface area contributed by atoms with Crippen molar-refractivity contribution >= 4 is 0 Å². The van der Waals surface area contributed by atoms with Crippen LogP contribution in [0.15, 0.2) is 50.1 Å². The zero-order valence-electron chi connectivity index (χ0n) is 11.1. The maximum atomic E-state index is 5.60. The van der Waals surface area contributed by atoms with Crippen molar-refractivity contribution in [3.8, 4) is 17.2 Å². The molecule has 0 heterocycles. The van der Waals surface area contributed by atoms with Gasteiger partial charge in [-0.15, -0.1) is 0 Å². The van der Waals surface area contributed by atoms with Gasteiger partial charge in [0.05, 0.1) is 0 Å². The first-order chi connectivity index (χ1) is 9.22. The lowest BCUT2D eigenvalue weighted by atomic mass is 10.2. The van der Waals surface area contributed by atoms with Gasteiger partial charge in [-0.3, -0.25) is 0 Å². The van der Waals surface area contributed by atoms with Crippen LogP contribution >= 0.6 is 0 Å². The van der Waals surface area contributed by atoms with Crippen LogP contribution in [0.5, 0.6) is 17.2 Å². The van der Waals surface area contributed by atoms with E-state index in [1.807, 2.05) is 0 Å². The third-order valence-corrected chi connectivity index (χ3v) is 2.14. The first kappa shape index (κ1) is 14.9. The van der Waals surface area contributed by atoms with Crippen LogP contribution in [0, 0.1) is 6.92 Å². The van der Waals surface area contributed by atoms with Crippen molar-refractivity contribution in [2.45, 2.75) is 0 Å². The highest BCUT2D eigenvalue weighted by atomic mass is 16.5. The fraction of sp³-hybridized carbons (Fsp3) is 0.188. The molecule has 0 N–H and O–H groups in total.